The second-order valence-electron chi connectivity index (χ2n) is 6.04. The SMILES string of the molecule is O=S(=O)(O)c1ccc(SSc2ccc(S(=O)(=O)O)c3cccnc23)c2ncccc12. The van der Waals surface area contributed by atoms with E-state index in [-0.39, 0.29) is 20.6 Å². The predicted octanol–water partition coefficient (Wildman–Crippen LogP) is 4.08. The van der Waals surface area contributed by atoms with Crippen LogP contribution in [0.3, 0.4) is 0 Å². The van der Waals surface area contributed by atoms with Gasteiger partial charge in [-0.15, -0.1) is 0 Å². The van der Waals surface area contributed by atoms with Gasteiger partial charge in [-0.25, -0.2) is 0 Å². The van der Waals surface area contributed by atoms with Gasteiger partial charge in [-0.1, -0.05) is 21.6 Å². The van der Waals surface area contributed by atoms with E-state index in [4.69, 9.17) is 0 Å². The first-order valence-corrected chi connectivity index (χ1v) is 13.2. The summed E-state index contributed by atoms with van der Waals surface area (Å²) in [5.74, 6) is 0. The van der Waals surface area contributed by atoms with Crippen LogP contribution in [0.2, 0.25) is 0 Å². The van der Waals surface area contributed by atoms with Crippen molar-refractivity contribution in [1.82, 2.24) is 9.97 Å². The van der Waals surface area contributed by atoms with E-state index in [1.54, 1.807) is 24.3 Å². The Balaban J connectivity index is 1.77. The monoisotopic (exact) mass is 480 g/mol. The zero-order chi connectivity index (χ0) is 21.5. The molecule has 8 nitrogen and oxygen atoms in total. The zero-order valence-corrected chi connectivity index (χ0v) is 18.1. The summed E-state index contributed by atoms with van der Waals surface area (Å²) >= 11 is 0. The van der Waals surface area contributed by atoms with Crippen LogP contribution in [0.1, 0.15) is 0 Å². The summed E-state index contributed by atoms with van der Waals surface area (Å²) in [6.07, 6.45) is 3.03. The third-order valence-electron chi connectivity index (χ3n) is 4.16. The molecule has 154 valence electrons. The Morgan fingerprint density at radius 2 is 1.03 bits per heavy atom. The van der Waals surface area contributed by atoms with Crippen LogP contribution in [0.5, 0.6) is 0 Å². The summed E-state index contributed by atoms with van der Waals surface area (Å²) in [6.45, 7) is 0. The Morgan fingerprint density at radius 1 is 0.633 bits per heavy atom. The summed E-state index contributed by atoms with van der Waals surface area (Å²) in [5, 5.41) is 0.575. The minimum absolute atomic E-state index is 0.232. The first-order valence-electron chi connectivity index (χ1n) is 8.21. The number of hydrogen-bond acceptors (Lipinski definition) is 8. The Labute approximate surface area is 179 Å². The molecule has 2 N–H and O–H groups in total. The van der Waals surface area contributed by atoms with Gasteiger partial charge < -0.3 is 0 Å². The normalized spacial score (nSPS) is 12.5. The van der Waals surface area contributed by atoms with Crippen molar-refractivity contribution in [3.05, 3.63) is 60.9 Å². The van der Waals surface area contributed by atoms with Crippen LogP contribution in [0, 0.1) is 0 Å². The Bertz CT molecular complexity index is 1390. The number of nitrogens with zero attached hydrogens (tertiary/aromatic N) is 2. The first-order chi connectivity index (χ1) is 14.2. The predicted molar refractivity (Wildman–Crippen MR) is 115 cm³/mol. The average molecular weight is 481 g/mol. The number of fused-ring (bicyclic) bond motifs is 2. The Kier molecular flexibility index (Phi) is 5.46. The van der Waals surface area contributed by atoms with Crippen LogP contribution in [0.4, 0.5) is 0 Å². The molecule has 0 aliphatic carbocycles. The van der Waals surface area contributed by atoms with Crippen LogP contribution in [0.15, 0.2) is 80.5 Å². The van der Waals surface area contributed by atoms with Gasteiger partial charge >= 0.3 is 0 Å². The summed E-state index contributed by atoms with van der Waals surface area (Å²) < 4.78 is 65.4. The molecule has 0 aliphatic rings. The molecule has 0 radical (unpaired) electrons. The van der Waals surface area contributed by atoms with Crippen LogP contribution in [0.25, 0.3) is 21.8 Å². The van der Waals surface area contributed by atoms with Crippen LogP contribution >= 0.6 is 21.6 Å². The van der Waals surface area contributed by atoms with Crippen molar-refractivity contribution in [2.75, 3.05) is 0 Å². The third-order valence-corrected chi connectivity index (χ3v) is 8.41. The van der Waals surface area contributed by atoms with Crippen molar-refractivity contribution >= 4 is 63.6 Å². The van der Waals surface area contributed by atoms with Gasteiger partial charge in [-0.05, 0) is 48.5 Å². The molecule has 0 aliphatic heterocycles. The highest BCUT2D eigenvalue weighted by Gasteiger charge is 2.19. The second kappa shape index (κ2) is 7.80. The van der Waals surface area contributed by atoms with Crippen LogP contribution < -0.4 is 0 Å². The molecule has 0 fully saturated rings. The molecule has 0 atom stereocenters. The molecule has 0 bridgehead atoms. The van der Waals surface area contributed by atoms with Crippen molar-refractivity contribution in [1.29, 1.82) is 0 Å². The third kappa shape index (κ3) is 4.02. The minimum Gasteiger partial charge on any atom is -0.282 e. The van der Waals surface area contributed by atoms with Gasteiger partial charge in [0, 0.05) is 33.0 Å². The Hall–Kier alpha value is -2.22. The second-order valence-corrected chi connectivity index (χ2v) is 11.0. The highest BCUT2D eigenvalue weighted by atomic mass is 33.1. The molecule has 0 saturated carbocycles. The van der Waals surface area contributed by atoms with Gasteiger partial charge in [0.05, 0.1) is 11.0 Å². The zero-order valence-electron chi connectivity index (χ0n) is 14.8. The first kappa shape index (κ1) is 21.0. The van der Waals surface area contributed by atoms with E-state index >= 15 is 0 Å². The van der Waals surface area contributed by atoms with Crippen LogP contribution in [-0.2, 0) is 20.2 Å². The lowest BCUT2D eigenvalue weighted by atomic mass is 10.2. The molecule has 2 aromatic carbocycles. The van der Waals surface area contributed by atoms with Gasteiger partial charge in [0.15, 0.2) is 0 Å². The maximum atomic E-state index is 11.6. The van der Waals surface area contributed by atoms with Crippen molar-refractivity contribution in [2.24, 2.45) is 0 Å². The quantitative estimate of drug-likeness (QED) is 0.318. The summed E-state index contributed by atoms with van der Waals surface area (Å²) in [4.78, 5) is 9.30. The fourth-order valence-corrected chi connectivity index (χ4v) is 6.54. The highest BCUT2D eigenvalue weighted by molar-refractivity contribution is 8.76. The lowest BCUT2D eigenvalue weighted by Crippen LogP contribution is -2.00. The average Bonchev–Trinajstić information content (AvgIpc) is 2.70. The molecule has 0 unspecified atom stereocenters. The van der Waals surface area contributed by atoms with E-state index < -0.39 is 20.2 Å². The largest absolute Gasteiger partial charge is 0.295 e. The lowest BCUT2D eigenvalue weighted by molar-refractivity contribution is 0.482. The lowest BCUT2D eigenvalue weighted by Gasteiger charge is -2.10. The van der Waals surface area contributed by atoms with Crippen molar-refractivity contribution in [3.63, 3.8) is 0 Å². The molecule has 0 saturated heterocycles. The topological polar surface area (TPSA) is 135 Å². The van der Waals surface area contributed by atoms with Crippen molar-refractivity contribution in [3.8, 4) is 0 Å². The van der Waals surface area contributed by atoms with Gasteiger partial charge in [0.1, 0.15) is 9.79 Å². The summed E-state index contributed by atoms with van der Waals surface area (Å²) in [7, 11) is -6.26. The number of aromatic nitrogens is 2. The molecular weight excluding hydrogens is 468 g/mol. The number of hydrogen-bond donors (Lipinski definition) is 2. The molecule has 4 aromatic rings. The van der Waals surface area contributed by atoms with E-state index in [1.165, 1.54) is 58.2 Å². The molecule has 2 heterocycles. The summed E-state index contributed by atoms with van der Waals surface area (Å²) in [5.41, 5.74) is 0.800. The number of benzene rings is 2. The molecule has 0 amide bonds. The summed E-state index contributed by atoms with van der Waals surface area (Å²) in [6, 6.07) is 11.9. The molecule has 2 aromatic heterocycles. The van der Waals surface area contributed by atoms with E-state index in [2.05, 4.69) is 9.97 Å². The molecule has 12 heteroatoms. The number of rotatable bonds is 5. The fraction of sp³-hybridized carbons (Fsp3) is 0. The standard InChI is InChI=1S/C18H12N2O6S4/c21-29(22,23)15-7-5-13(17-11(15)3-1-9-19-17)27-28-14-6-8-16(30(24,25)26)12-4-2-10-20-18(12)14/h1-10H,(H,21,22,23)(H,24,25,26). The van der Waals surface area contributed by atoms with Gasteiger partial charge in [-0.3, -0.25) is 19.1 Å². The molecule has 30 heavy (non-hydrogen) atoms. The van der Waals surface area contributed by atoms with E-state index in [9.17, 15) is 25.9 Å². The molecule has 0 spiro atoms. The fourth-order valence-electron chi connectivity index (χ4n) is 2.92. The smallest absolute Gasteiger partial charge is 0.282 e. The maximum Gasteiger partial charge on any atom is 0.295 e. The maximum absolute atomic E-state index is 11.6. The molecular formula is C18H12N2O6S4. The van der Waals surface area contributed by atoms with Gasteiger partial charge in [0.2, 0.25) is 0 Å². The van der Waals surface area contributed by atoms with E-state index in [0.29, 0.717) is 20.8 Å². The van der Waals surface area contributed by atoms with Gasteiger partial charge in [-0.2, -0.15) is 16.8 Å². The highest BCUT2D eigenvalue weighted by Crippen LogP contribution is 2.43. The molecule has 4 rings (SSSR count). The number of pyridine rings is 2. The van der Waals surface area contributed by atoms with Gasteiger partial charge in [0.25, 0.3) is 20.2 Å². The van der Waals surface area contributed by atoms with Crippen molar-refractivity contribution < 1.29 is 25.9 Å². The minimum atomic E-state index is -4.41. The Morgan fingerprint density at radius 3 is 1.40 bits per heavy atom. The van der Waals surface area contributed by atoms with Crippen LogP contribution in [-0.4, -0.2) is 35.9 Å². The van der Waals surface area contributed by atoms with Crippen molar-refractivity contribution in [2.45, 2.75) is 19.6 Å². The van der Waals surface area contributed by atoms with E-state index in [1.807, 2.05) is 0 Å². The van der Waals surface area contributed by atoms with E-state index in [0.717, 1.165) is 0 Å².